The molecular weight excluding hydrogens is 166 g/mol. The lowest BCUT2D eigenvalue weighted by atomic mass is 10.2. The van der Waals surface area contributed by atoms with E-state index in [-0.39, 0.29) is 6.41 Å². The maximum absolute atomic E-state index is 5.46. The van der Waals surface area contributed by atoms with Gasteiger partial charge in [-0.05, 0) is 5.56 Å². The Kier molecular flexibility index (Phi) is 2.92. The summed E-state index contributed by atoms with van der Waals surface area (Å²) in [6, 6.07) is 10.1. The van der Waals surface area contributed by atoms with Gasteiger partial charge in [-0.3, -0.25) is 5.32 Å². The van der Waals surface area contributed by atoms with Gasteiger partial charge >= 0.3 is 0 Å². The molecule has 3 nitrogen and oxygen atoms in total. The van der Waals surface area contributed by atoms with E-state index < -0.39 is 0 Å². The highest BCUT2D eigenvalue weighted by Gasteiger charge is 2.13. The zero-order valence-electron chi connectivity index (χ0n) is 7.40. The van der Waals surface area contributed by atoms with E-state index >= 15 is 0 Å². The van der Waals surface area contributed by atoms with Crippen LogP contribution in [0.4, 0.5) is 0 Å². The molecule has 0 aliphatic carbocycles. The molecule has 0 saturated carbocycles. The summed E-state index contributed by atoms with van der Waals surface area (Å²) < 4.78 is 10.7. The first-order chi connectivity index (χ1) is 6.45. The maximum atomic E-state index is 5.46. The first-order valence-electron chi connectivity index (χ1n) is 4.46. The Morgan fingerprint density at radius 1 is 1.38 bits per heavy atom. The van der Waals surface area contributed by atoms with E-state index in [4.69, 9.17) is 9.47 Å². The Labute approximate surface area is 77.7 Å². The van der Waals surface area contributed by atoms with Crippen LogP contribution in [0.5, 0.6) is 0 Å². The fourth-order valence-electron chi connectivity index (χ4n) is 1.25. The van der Waals surface area contributed by atoms with Crippen LogP contribution in [0.15, 0.2) is 30.3 Å². The van der Waals surface area contributed by atoms with Gasteiger partial charge in [0.15, 0.2) is 0 Å². The molecule has 1 aliphatic heterocycles. The summed E-state index contributed by atoms with van der Waals surface area (Å²) in [6.45, 7) is 2.21. The molecule has 0 bridgehead atoms. The van der Waals surface area contributed by atoms with Crippen molar-refractivity contribution in [2.45, 2.75) is 13.0 Å². The SMILES string of the molecule is c1ccc(COC2NCCO2)cc1. The van der Waals surface area contributed by atoms with Gasteiger partial charge in [0.25, 0.3) is 0 Å². The summed E-state index contributed by atoms with van der Waals surface area (Å²) in [5.41, 5.74) is 1.17. The highest BCUT2D eigenvalue weighted by Crippen LogP contribution is 2.04. The molecule has 1 atom stereocenters. The number of benzene rings is 1. The lowest BCUT2D eigenvalue weighted by Crippen LogP contribution is -2.25. The van der Waals surface area contributed by atoms with Crippen LogP contribution in [-0.2, 0) is 16.1 Å². The van der Waals surface area contributed by atoms with E-state index in [0.717, 1.165) is 13.2 Å². The molecule has 1 aromatic rings. The molecular formula is C10H13NO2. The molecule has 0 aromatic heterocycles. The van der Waals surface area contributed by atoms with Gasteiger partial charge in [-0.2, -0.15) is 0 Å². The largest absolute Gasteiger partial charge is 0.338 e. The predicted octanol–water partition coefficient (Wildman–Crippen LogP) is 1.11. The monoisotopic (exact) mass is 179 g/mol. The zero-order valence-corrected chi connectivity index (χ0v) is 7.40. The predicted molar refractivity (Wildman–Crippen MR) is 49.0 cm³/mol. The summed E-state index contributed by atoms with van der Waals surface area (Å²) in [4.78, 5) is 0. The summed E-state index contributed by atoms with van der Waals surface area (Å²) in [5.74, 6) is 0. The Balaban J connectivity index is 1.79. The van der Waals surface area contributed by atoms with E-state index in [9.17, 15) is 0 Å². The van der Waals surface area contributed by atoms with Crippen LogP contribution in [0, 0.1) is 0 Å². The zero-order chi connectivity index (χ0) is 8.93. The molecule has 0 spiro atoms. The highest BCUT2D eigenvalue weighted by molar-refractivity contribution is 5.13. The second-order valence-electron chi connectivity index (χ2n) is 2.95. The second-order valence-corrected chi connectivity index (χ2v) is 2.95. The number of ether oxygens (including phenoxy) is 2. The van der Waals surface area contributed by atoms with Crippen LogP contribution in [0.2, 0.25) is 0 Å². The summed E-state index contributed by atoms with van der Waals surface area (Å²) >= 11 is 0. The van der Waals surface area contributed by atoms with Gasteiger partial charge in [-0.15, -0.1) is 0 Å². The first kappa shape index (κ1) is 8.69. The van der Waals surface area contributed by atoms with Gasteiger partial charge in [0.1, 0.15) is 0 Å². The smallest absolute Gasteiger partial charge is 0.216 e. The average molecular weight is 179 g/mol. The van der Waals surface area contributed by atoms with Crippen molar-refractivity contribution in [3.8, 4) is 0 Å². The van der Waals surface area contributed by atoms with Crippen molar-refractivity contribution in [3.05, 3.63) is 35.9 Å². The average Bonchev–Trinajstić information content (AvgIpc) is 2.69. The quantitative estimate of drug-likeness (QED) is 0.754. The lowest BCUT2D eigenvalue weighted by molar-refractivity contribution is -0.130. The molecule has 13 heavy (non-hydrogen) atoms. The van der Waals surface area contributed by atoms with Gasteiger partial charge in [0.05, 0.1) is 13.2 Å². The van der Waals surface area contributed by atoms with Crippen LogP contribution < -0.4 is 5.32 Å². The third-order valence-corrected chi connectivity index (χ3v) is 1.93. The van der Waals surface area contributed by atoms with E-state index in [1.54, 1.807) is 0 Å². The molecule has 1 aromatic carbocycles. The molecule has 1 N–H and O–H groups in total. The third-order valence-electron chi connectivity index (χ3n) is 1.93. The number of nitrogens with one attached hydrogen (secondary N) is 1. The Bertz CT molecular complexity index is 244. The van der Waals surface area contributed by atoms with Crippen molar-refractivity contribution in [2.24, 2.45) is 0 Å². The molecule has 70 valence electrons. The van der Waals surface area contributed by atoms with Crippen LogP contribution in [0.3, 0.4) is 0 Å². The molecule has 1 aliphatic rings. The fraction of sp³-hybridized carbons (Fsp3) is 0.400. The molecule has 1 unspecified atom stereocenters. The van der Waals surface area contributed by atoms with Gasteiger partial charge in [-0.1, -0.05) is 30.3 Å². The molecule has 1 saturated heterocycles. The minimum Gasteiger partial charge on any atom is -0.338 e. The van der Waals surface area contributed by atoms with Gasteiger partial charge < -0.3 is 9.47 Å². The minimum atomic E-state index is -0.222. The van der Waals surface area contributed by atoms with Crippen molar-refractivity contribution >= 4 is 0 Å². The van der Waals surface area contributed by atoms with Gasteiger partial charge in [0, 0.05) is 6.54 Å². The number of hydrogen-bond acceptors (Lipinski definition) is 3. The molecule has 0 amide bonds. The normalized spacial score (nSPS) is 22.0. The second kappa shape index (κ2) is 4.37. The van der Waals surface area contributed by atoms with Crippen molar-refractivity contribution in [1.29, 1.82) is 0 Å². The topological polar surface area (TPSA) is 30.5 Å². The van der Waals surface area contributed by atoms with Crippen molar-refractivity contribution in [2.75, 3.05) is 13.2 Å². The number of hydrogen-bond donors (Lipinski definition) is 1. The van der Waals surface area contributed by atoms with Crippen LogP contribution in [-0.4, -0.2) is 19.6 Å². The Morgan fingerprint density at radius 3 is 2.92 bits per heavy atom. The van der Waals surface area contributed by atoms with E-state index in [1.165, 1.54) is 5.56 Å². The van der Waals surface area contributed by atoms with Crippen LogP contribution >= 0.6 is 0 Å². The van der Waals surface area contributed by atoms with Gasteiger partial charge in [0.2, 0.25) is 6.41 Å². The van der Waals surface area contributed by atoms with Gasteiger partial charge in [-0.25, -0.2) is 0 Å². The van der Waals surface area contributed by atoms with E-state index in [1.807, 2.05) is 30.3 Å². The van der Waals surface area contributed by atoms with Crippen molar-refractivity contribution in [3.63, 3.8) is 0 Å². The molecule has 2 rings (SSSR count). The van der Waals surface area contributed by atoms with Crippen LogP contribution in [0.25, 0.3) is 0 Å². The summed E-state index contributed by atoms with van der Waals surface area (Å²) in [7, 11) is 0. The number of rotatable bonds is 3. The Morgan fingerprint density at radius 2 is 2.23 bits per heavy atom. The summed E-state index contributed by atoms with van der Waals surface area (Å²) in [5, 5.41) is 3.08. The fourth-order valence-corrected chi connectivity index (χ4v) is 1.25. The molecule has 0 radical (unpaired) electrons. The lowest BCUT2D eigenvalue weighted by Gasteiger charge is -2.10. The van der Waals surface area contributed by atoms with Crippen molar-refractivity contribution in [1.82, 2.24) is 5.32 Å². The molecule has 1 fully saturated rings. The van der Waals surface area contributed by atoms with E-state index in [0.29, 0.717) is 6.61 Å². The van der Waals surface area contributed by atoms with E-state index in [2.05, 4.69) is 5.32 Å². The standard InChI is InChI=1S/C10H13NO2/c1-2-4-9(5-3-1)8-13-10-11-6-7-12-10/h1-5,10-11H,6-8H2. The maximum Gasteiger partial charge on any atom is 0.216 e. The first-order valence-corrected chi connectivity index (χ1v) is 4.46. The summed E-state index contributed by atoms with van der Waals surface area (Å²) in [6.07, 6.45) is -0.222. The molecule has 1 heterocycles. The third kappa shape index (κ3) is 2.52. The Hall–Kier alpha value is -0.900. The van der Waals surface area contributed by atoms with Crippen molar-refractivity contribution < 1.29 is 9.47 Å². The molecule has 3 heteroatoms. The minimum absolute atomic E-state index is 0.222. The highest BCUT2D eigenvalue weighted by atomic mass is 16.7. The van der Waals surface area contributed by atoms with Crippen LogP contribution in [0.1, 0.15) is 5.56 Å².